The number of alkyl halides is 3. The van der Waals surface area contributed by atoms with Gasteiger partial charge >= 0.3 is 6.18 Å². The zero-order valence-corrected chi connectivity index (χ0v) is 16.3. The van der Waals surface area contributed by atoms with Crippen molar-refractivity contribution in [2.45, 2.75) is 6.18 Å². The van der Waals surface area contributed by atoms with Crippen LogP contribution in [-0.2, 0) is 6.18 Å². The molecule has 0 aliphatic carbocycles. The number of benzene rings is 1. The number of fused-ring (bicyclic) bond motifs is 1. The van der Waals surface area contributed by atoms with Gasteiger partial charge in [-0.25, -0.2) is 9.97 Å². The summed E-state index contributed by atoms with van der Waals surface area (Å²) in [6, 6.07) is 5.42. The Morgan fingerprint density at radius 2 is 1.83 bits per heavy atom. The number of non-ortho nitro benzene ring substituents is 1. The molecule has 0 radical (unpaired) electrons. The summed E-state index contributed by atoms with van der Waals surface area (Å²) in [6.07, 6.45) is -3.70. The lowest BCUT2D eigenvalue weighted by atomic mass is 10.2. The Balaban J connectivity index is 1.48. The molecule has 0 spiro atoms. The molecule has 1 aromatic carbocycles. The quantitative estimate of drug-likeness (QED) is 0.435. The molecule has 152 valence electrons. The zero-order chi connectivity index (χ0) is 20.8. The van der Waals surface area contributed by atoms with Crippen LogP contribution in [0.15, 0.2) is 30.5 Å². The highest BCUT2D eigenvalue weighted by Gasteiger charge is 2.32. The molecule has 1 aliphatic rings. The van der Waals surface area contributed by atoms with E-state index in [2.05, 4.69) is 9.97 Å². The summed E-state index contributed by atoms with van der Waals surface area (Å²) >= 11 is 7.40. The van der Waals surface area contributed by atoms with E-state index in [1.165, 1.54) is 23.5 Å². The highest BCUT2D eigenvalue weighted by Crippen LogP contribution is 2.35. The van der Waals surface area contributed by atoms with Crippen LogP contribution in [0.1, 0.15) is 5.56 Å². The number of hydrogen-bond acceptors (Lipinski definition) is 7. The predicted octanol–water partition coefficient (Wildman–Crippen LogP) is 4.60. The number of pyridine rings is 1. The van der Waals surface area contributed by atoms with Crippen LogP contribution in [0, 0.1) is 10.1 Å². The summed E-state index contributed by atoms with van der Waals surface area (Å²) in [5.41, 5.74) is -0.181. The summed E-state index contributed by atoms with van der Waals surface area (Å²) in [5, 5.41) is 11.6. The van der Waals surface area contributed by atoms with E-state index >= 15 is 0 Å². The summed E-state index contributed by atoms with van der Waals surface area (Å²) in [6.45, 7) is 2.16. The van der Waals surface area contributed by atoms with Gasteiger partial charge in [0.05, 0.1) is 25.7 Å². The van der Waals surface area contributed by atoms with Gasteiger partial charge in [-0.2, -0.15) is 13.2 Å². The van der Waals surface area contributed by atoms with Gasteiger partial charge in [0, 0.05) is 44.5 Å². The van der Waals surface area contributed by atoms with Crippen molar-refractivity contribution in [3.63, 3.8) is 0 Å². The van der Waals surface area contributed by atoms with Gasteiger partial charge in [0.2, 0.25) is 0 Å². The fourth-order valence-corrected chi connectivity index (χ4v) is 4.41. The molecule has 3 aromatic rings. The molecule has 0 bridgehead atoms. The average Bonchev–Trinajstić information content (AvgIpc) is 3.10. The standard InChI is InChI=1S/C17H13ClF3N5O2S/c18-12-7-10(17(19,20)21)9-22-15(12)24-3-5-25(6-4-24)16-23-13-2-1-11(26(27)28)8-14(13)29-16/h1-2,7-9H,3-6H2. The molecule has 0 unspecified atom stereocenters. The SMILES string of the molecule is O=[N+]([O-])c1ccc2nc(N3CCN(c4ncc(C(F)(F)F)cc4Cl)CC3)sc2c1. The number of aromatic nitrogens is 2. The van der Waals surface area contributed by atoms with Crippen LogP contribution in [-0.4, -0.2) is 41.1 Å². The summed E-state index contributed by atoms with van der Waals surface area (Å²) in [4.78, 5) is 22.8. The molecule has 0 amide bonds. The maximum atomic E-state index is 12.8. The second-order valence-corrected chi connectivity index (χ2v) is 7.82. The number of piperazine rings is 1. The molecule has 12 heteroatoms. The first kappa shape index (κ1) is 19.6. The van der Waals surface area contributed by atoms with Crippen LogP contribution >= 0.6 is 22.9 Å². The van der Waals surface area contributed by atoms with Crippen LogP contribution in [0.3, 0.4) is 0 Å². The van der Waals surface area contributed by atoms with Gasteiger partial charge in [-0.15, -0.1) is 0 Å². The van der Waals surface area contributed by atoms with Crippen LogP contribution in [0.5, 0.6) is 0 Å². The van der Waals surface area contributed by atoms with E-state index in [0.29, 0.717) is 37.5 Å². The lowest BCUT2D eigenvalue weighted by molar-refractivity contribution is -0.384. The first-order valence-electron chi connectivity index (χ1n) is 8.50. The highest BCUT2D eigenvalue weighted by atomic mass is 35.5. The fraction of sp³-hybridized carbons (Fsp3) is 0.294. The maximum Gasteiger partial charge on any atom is 0.417 e. The van der Waals surface area contributed by atoms with Crippen LogP contribution in [0.4, 0.5) is 29.8 Å². The van der Waals surface area contributed by atoms with Gasteiger partial charge in [-0.1, -0.05) is 22.9 Å². The zero-order valence-electron chi connectivity index (χ0n) is 14.7. The average molecular weight is 444 g/mol. The first-order valence-corrected chi connectivity index (χ1v) is 9.69. The molecule has 0 saturated carbocycles. The normalized spacial score (nSPS) is 15.2. The Labute approximate surface area is 171 Å². The van der Waals surface area contributed by atoms with Gasteiger partial charge in [-0.05, 0) is 12.1 Å². The Kier molecular flexibility index (Phi) is 4.95. The van der Waals surface area contributed by atoms with E-state index in [0.717, 1.165) is 22.1 Å². The van der Waals surface area contributed by atoms with E-state index in [1.54, 1.807) is 6.07 Å². The topological polar surface area (TPSA) is 75.4 Å². The van der Waals surface area contributed by atoms with E-state index in [1.807, 2.05) is 9.80 Å². The van der Waals surface area contributed by atoms with Crippen molar-refractivity contribution < 1.29 is 18.1 Å². The number of thiazole rings is 1. The Morgan fingerprint density at radius 3 is 2.45 bits per heavy atom. The predicted molar refractivity (Wildman–Crippen MR) is 105 cm³/mol. The van der Waals surface area contributed by atoms with Gasteiger partial charge in [0.15, 0.2) is 5.13 Å². The second kappa shape index (κ2) is 7.30. The third kappa shape index (κ3) is 3.92. The van der Waals surface area contributed by atoms with Crippen molar-refractivity contribution >= 4 is 49.8 Å². The summed E-state index contributed by atoms with van der Waals surface area (Å²) in [7, 11) is 0. The summed E-state index contributed by atoms with van der Waals surface area (Å²) in [5.74, 6) is 0.319. The second-order valence-electron chi connectivity index (χ2n) is 6.41. The van der Waals surface area contributed by atoms with Crippen molar-refractivity contribution in [1.82, 2.24) is 9.97 Å². The van der Waals surface area contributed by atoms with Gasteiger partial charge in [-0.3, -0.25) is 10.1 Å². The van der Waals surface area contributed by atoms with Crippen molar-refractivity contribution in [3.8, 4) is 0 Å². The van der Waals surface area contributed by atoms with Crippen LogP contribution in [0.25, 0.3) is 10.2 Å². The molecule has 1 fully saturated rings. The molecule has 0 N–H and O–H groups in total. The van der Waals surface area contributed by atoms with Gasteiger partial charge in [0.1, 0.15) is 5.82 Å². The Hall–Kier alpha value is -2.66. The number of nitrogens with zero attached hydrogens (tertiary/aromatic N) is 5. The van der Waals surface area contributed by atoms with Crippen molar-refractivity contribution in [1.29, 1.82) is 0 Å². The van der Waals surface area contributed by atoms with Gasteiger partial charge < -0.3 is 9.80 Å². The van der Waals surface area contributed by atoms with Gasteiger partial charge in [0.25, 0.3) is 5.69 Å². The fourth-order valence-electron chi connectivity index (χ4n) is 3.08. The third-order valence-corrected chi connectivity index (χ3v) is 5.93. The molecule has 1 saturated heterocycles. The Morgan fingerprint density at radius 1 is 1.14 bits per heavy atom. The lowest BCUT2D eigenvalue weighted by Crippen LogP contribution is -2.47. The highest BCUT2D eigenvalue weighted by molar-refractivity contribution is 7.22. The molecule has 1 aliphatic heterocycles. The number of nitro benzene ring substituents is 1. The summed E-state index contributed by atoms with van der Waals surface area (Å²) < 4.78 is 39.1. The molecule has 3 heterocycles. The Bertz CT molecular complexity index is 1080. The molecule has 2 aromatic heterocycles. The number of anilines is 2. The number of rotatable bonds is 3. The van der Waals surface area contributed by atoms with E-state index in [4.69, 9.17) is 11.6 Å². The van der Waals surface area contributed by atoms with Crippen molar-refractivity contribution in [3.05, 3.63) is 51.2 Å². The minimum atomic E-state index is -4.49. The minimum absolute atomic E-state index is 0.0144. The van der Waals surface area contributed by atoms with Crippen LogP contribution in [0.2, 0.25) is 5.02 Å². The van der Waals surface area contributed by atoms with Crippen LogP contribution < -0.4 is 9.80 Å². The molecule has 7 nitrogen and oxygen atoms in total. The first-order chi connectivity index (χ1) is 13.7. The maximum absolute atomic E-state index is 12.8. The van der Waals surface area contributed by atoms with E-state index < -0.39 is 16.7 Å². The smallest absolute Gasteiger partial charge is 0.352 e. The van der Waals surface area contributed by atoms with Crippen molar-refractivity contribution in [2.24, 2.45) is 0 Å². The number of hydrogen-bond donors (Lipinski definition) is 0. The molecular weight excluding hydrogens is 431 g/mol. The monoisotopic (exact) mass is 443 g/mol. The number of halogens is 4. The van der Waals surface area contributed by atoms with E-state index in [9.17, 15) is 23.3 Å². The number of nitro groups is 1. The van der Waals surface area contributed by atoms with Crippen molar-refractivity contribution in [2.75, 3.05) is 36.0 Å². The third-order valence-electron chi connectivity index (χ3n) is 4.57. The molecule has 4 rings (SSSR count). The molecule has 0 atom stereocenters. The minimum Gasteiger partial charge on any atom is -0.352 e. The lowest BCUT2D eigenvalue weighted by Gasteiger charge is -2.35. The molecular formula is C17H13ClF3N5O2S. The largest absolute Gasteiger partial charge is 0.417 e. The molecule has 29 heavy (non-hydrogen) atoms. The van der Waals surface area contributed by atoms with E-state index in [-0.39, 0.29) is 10.7 Å².